The van der Waals surface area contributed by atoms with Crippen molar-refractivity contribution in [2.75, 3.05) is 14.2 Å². The topological polar surface area (TPSA) is 55.8 Å². The maximum Gasteiger partial charge on any atom is 0.263 e. The molecule has 4 nitrogen and oxygen atoms in total. The van der Waals surface area contributed by atoms with Gasteiger partial charge in [0.2, 0.25) is 5.78 Å². The molecule has 68 valence electrons. The largest absolute Gasteiger partial charge is 0.383 e. The second-order valence-electron chi connectivity index (χ2n) is 2.73. The van der Waals surface area contributed by atoms with Gasteiger partial charge < -0.3 is 14.6 Å². The fourth-order valence-electron chi connectivity index (χ4n) is 1.33. The quantitative estimate of drug-likeness (QED) is 0.589. The predicted molar refractivity (Wildman–Crippen MR) is 41.5 cm³/mol. The molecule has 0 aromatic rings. The fourth-order valence-corrected chi connectivity index (χ4v) is 1.33. The zero-order chi connectivity index (χ0) is 9.35. The van der Waals surface area contributed by atoms with Crippen LogP contribution in [-0.4, -0.2) is 37.0 Å². The first-order valence-corrected chi connectivity index (χ1v) is 3.59. The van der Waals surface area contributed by atoms with Crippen LogP contribution in [0.5, 0.6) is 0 Å². The summed E-state index contributed by atoms with van der Waals surface area (Å²) in [6.07, 6.45) is 0.331. The Hall–Kier alpha value is -0.710. The zero-order valence-corrected chi connectivity index (χ0v) is 7.33. The minimum atomic E-state index is -1.51. The van der Waals surface area contributed by atoms with E-state index in [1.807, 2.05) is 0 Å². The van der Waals surface area contributed by atoms with Crippen LogP contribution in [0.4, 0.5) is 0 Å². The molecule has 1 aliphatic rings. The second-order valence-corrected chi connectivity index (χ2v) is 2.73. The van der Waals surface area contributed by atoms with Gasteiger partial charge in [-0.15, -0.1) is 0 Å². The molecule has 0 bridgehead atoms. The van der Waals surface area contributed by atoms with Crippen LogP contribution in [0, 0.1) is 0 Å². The lowest BCUT2D eigenvalue weighted by Gasteiger charge is -2.28. The molecule has 0 aromatic carbocycles. The first kappa shape index (κ1) is 9.38. The average molecular weight is 172 g/mol. The number of ether oxygens (including phenoxy) is 2. The first-order valence-electron chi connectivity index (χ1n) is 3.59. The van der Waals surface area contributed by atoms with Gasteiger partial charge in [-0.2, -0.15) is 0 Å². The summed E-state index contributed by atoms with van der Waals surface area (Å²) in [6.45, 7) is 1.66. The summed E-state index contributed by atoms with van der Waals surface area (Å²) in [6, 6.07) is 0. The van der Waals surface area contributed by atoms with Crippen molar-refractivity contribution in [3.05, 3.63) is 11.6 Å². The van der Waals surface area contributed by atoms with E-state index in [1.54, 1.807) is 6.92 Å². The van der Waals surface area contributed by atoms with E-state index in [-0.39, 0.29) is 5.78 Å². The maximum absolute atomic E-state index is 11.3. The summed E-state index contributed by atoms with van der Waals surface area (Å²) in [4.78, 5) is 11.3. The minimum absolute atomic E-state index is 0.350. The monoisotopic (exact) mass is 172 g/mol. The SMILES string of the molecule is COC1(OC)C(=O)C=C(C)C1O. The van der Waals surface area contributed by atoms with E-state index in [0.29, 0.717) is 5.57 Å². The molecule has 0 amide bonds. The highest BCUT2D eigenvalue weighted by Crippen LogP contribution is 2.30. The van der Waals surface area contributed by atoms with Crippen molar-refractivity contribution in [2.24, 2.45) is 0 Å². The summed E-state index contributed by atoms with van der Waals surface area (Å²) >= 11 is 0. The van der Waals surface area contributed by atoms with E-state index < -0.39 is 11.9 Å². The van der Waals surface area contributed by atoms with Crippen molar-refractivity contribution in [2.45, 2.75) is 18.8 Å². The number of rotatable bonds is 2. The van der Waals surface area contributed by atoms with E-state index in [0.717, 1.165) is 0 Å². The Morgan fingerprint density at radius 3 is 2.17 bits per heavy atom. The molecule has 0 fully saturated rings. The van der Waals surface area contributed by atoms with Crippen molar-refractivity contribution in [1.82, 2.24) is 0 Å². The Morgan fingerprint density at radius 1 is 1.50 bits per heavy atom. The number of aliphatic hydroxyl groups is 1. The number of hydrogen-bond acceptors (Lipinski definition) is 4. The molecular weight excluding hydrogens is 160 g/mol. The highest BCUT2D eigenvalue weighted by atomic mass is 16.7. The third-order valence-corrected chi connectivity index (χ3v) is 2.10. The fraction of sp³-hybridized carbons (Fsp3) is 0.625. The number of aliphatic hydroxyl groups excluding tert-OH is 1. The first-order chi connectivity index (χ1) is 5.58. The van der Waals surface area contributed by atoms with Crippen molar-refractivity contribution in [3.63, 3.8) is 0 Å². The number of hydrogen-bond donors (Lipinski definition) is 1. The van der Waals surface area contributed by atoms with Gasteiger partial charge in [-0.3, -0.25) is 4.79 Å². The molecule has 0 heterocycles. The summed E-state index contributed by atoms with van der Waals surface area (Å²) < 4.78 is 9.74. The molecule has 1 atom stereocenters. The van der Waals surface area contributed by atoms with Crippen molar-refractivity contribution in [3.8, 4) is 0 Å². The normalized spacial score (nSPS) is 27.5. The van der Waals surface area contributed by atoms with Gasteiger partial charge in [0.15, 0.2) is 0 Å². The third-order valence-electron chi connectivity index (χ3n) is 2.10. The highest BCUT2D eigenvalue weighted by molar-refractivity contribution is 6.00. The lowest BCUT2D eigenvalue weighted by atomic mass is 10.1. The van der Waals surface area contributed by atoms with Gasteiger partial charge >= 0.3 is 0 Å². The molecule has 1 unspecified atom stereocenters. The van der Waals surface area contributed by atoms with Gasteiger partial charge in [-0.05, 0) is 18.6 Å². The van der Waals surface area contributed by atoms with Gasteiger partial charge in [0, 0.05) is 14.2 Å². The van der Waals surface area contributed by atoms with Crippen LogP contribution in [0.3, 0.4) is 0 Å². The molecule has 0 saturated carbocycles. The molecule has 1 N–H and O–H groups in total. The Labute approximate surface area is 70.8 Å². The van der Waals surface area contributed by atoms with Gasteiger partial charge in [-0.1, -0.05) is 0 Å². The number of ketones is 1. The van der Waals surface area contributed by atoms with E-state index in [4.69, 9.17) is 9.47 Å². The molecule has 0 spiro atoms. The second kappa shape index (κ2) is 2.97. The van der Waals surface area contributed by atoms with Crippen molar-refractivity contribution < 1.29 is 19.4 Å². The summed E-state index contributed by atoms with van der Waals surface area (Å²) in [5, 5.41) is 9.54. The molecule has 12 heavy (non-hydrogen) atoms. The molecule has 0 radical (unpaired) electrons. The summed E-state index contributed by atoms with van der Waals surface area (Å²) in [5.41, 5.74) is 0.559. The number of carbonyl (C=O) groups excluding carboxylic acids is 1. The lowest BCUT2D eigenvalue weighted by molar-refractivity contribution is -0.230. The Kier molecular flexibility index (Phi) is 2.32. The van der Waals surface area contributed by atoms with Crippen LogP contribution in [0.1, 0.15) is 6.92 Å². The van der Waals surface area contributed by atoms with Gasteiger partial charge in [0.05, 0.1) is 0 Å². The Balaban J connectivity index is 3.01. The Bertz CT molecular complexity index is 227. The minimum Gasteiger partial charge on any atom is -0.383 e. The van der Waals surface area contributed by atoms with Crippen LogP contribution < -0.4 is 0 Å². The molecule has 0 aliphatic heterocycles. The van der Waals surface area contributed by atoms with Crippen LogP contribution in [0.15, 0.2) is 11.6 Å². The average Bonchev–Trinajstić information content (AvgIpc) is 2.26. The molecule has 1 aliphatic carbocycles. The lowest BCUT2D eigenvalue weighted by Crippen LogP contribution is -2.48. The maximum atomic E-state index is 11.3. The molecule has 4 heteroatoms. The number of methoxy groups -OCH3 is 2. The van der Waals surface area contributed by atoms with Crippen LogP contribution in [-0.2, 0) is 14.3 Å². The summed E-state index contributed by atoms with van der Waals surface area (Å²) in [7, 11) is 2.66. The van der Waals surface area contributed by atoms with Crippen LogP contribution in [0.25, 0.3) is 0 Å². The number of carbonyl (C=O) groups is 1. The third kappa shape index (κ3) is 0.998. The van der Waals surface area contributed by atoms with Crippen LogP contribution in [0.2, 0.25) is 0 Å². The van der Waals surface area contributed by atoms with Crippen LogP contribution >= 0.6 is 0 Å². The van der Waals surface area contributed by atoms with E-state index in [9.17, 15) is 9.90 Å². The van der Waals surface area contributed by atoms with E-state index in [1.165, 1.54) is 20.3 Å². The van der Waals surface area contributed by atoms with Crippen molar-refractivity contribution >= 4 is 5.78 Å². The van der Waals surface area contributed by atoms with Crippen molar-refractivity contribution in [1.29, 1.82) is 0 Å². The molecule has 0 aromatic heterocycles. The Morgan fingerprint density at radius 2 is 2.00 bits per heavy atom. The molecule has 1 rings (SSSR count). The molecule has 0 saturated heterocycles. The standard InChI is InChI=1S/C8H12O4/c1-5-4-6(9)8(11-2,12-3)7(5)10/h4,7,10H,1-3H3. The highest BCUT2D eigenvalue weighted by Gasteiger charge is 2.50. The summed E-state index contributed by atoms with van der Waals surface area (Å²) in [5.74, 6) is -1.86. The molecular formula is C8H12O4. The van der Waals surface area contributed by atoms with Gasteiger partial charge in [-0.25, -0.2) is 0 Å². The zero-order valence-electron chi connectivity index (χ0n) is 7.33. The van der Waals surface area contributed by atoms with Gasteiger partial charge in [0.25, 0.3) is 5.79 Å². The predicted octanol–water partition coefficient (Wildman–Crippen LogP) is -0.135. The van der Waals surface area contributed by atoms with E-state index in [2.05, 4.69) is 0 Å². The van der Waals surface area contributed by atoms with E-state index >= 15 is 0 Å². The smallest absolute Gasteiger partial charge is 0.263 e. The van der Waals surface area contributed by atoms with Gasteiger partial charge in [0.1, 0.15) is 6.10 Å².